The summed E-state index contributed by atoms with van der Waals surface area (Å²) in [6, 6.07) is 13.2. The third kappa shape index (κ3) is 6.90. The number of thioether (sulfide) groups is 1. The summed E-state index contributed by atoms with van der Waals surface area (Å²) in [5, 5.41) is 28.3. The van der Waals surface area contributed by atoms with Gasteiger partial charge in [0, 0.05) is 35.2 Å². The molecule has 0 bridgehead atoms. The molecule has 11 nitrogen and oxygen atoms in total. The average molecular weight is 580 g/mol. The summed E-state index contributed by atoms with van der Waals surface area (Å²) < 4.78 is 1.90. The lowest BCUT2D eigenvalue weighted by molar-refractivity contribution is -0.384. The fourth-order valence-corrected chi connectivity index (χ4v) is 5.47. The van der Waals surface area contributed by atoms with Crippen molar-refractivity contribution in [3.05, 3.63) is 81.0 Å². The number of benzene rings is 2. The minimum atomic E-state index is -0.461. The molecule has 4 rings (SSSR count). The van der Waals surface area contributed by atoms with E-state index in [1.807, 2.05) is 44.4 Å². The second kappa shape index (κ2) is 12.8. The van der Waals surface area contributed by atoms with Crippen LogP contribution in [0.1, 0.15) is 48.6 Å². The number of amides is 2. The summed E-state index contributed by atoms with van der Waals surface area (Å²) in [6.45, 7) is 8.50. The molecule has 1 atom stereocenters. The Morgan fingerprint density at radius 2 is 1.90 bits per heavy atom. The molecule has 0 saturated heterocycles. The van der Waals surface area contributed by atoms with Crippen LogP contribution in [-0.4, -0.2) is 42.2 Å². The van der Waals surface area contributed by atoms with Crippen LogP contribution in [0.4, 0.5) is 10.8 Å². The molecule has 40 heavy (non-hydrogen) atoms. The van der Waals surface area contributed by atoms with E-state index in [2.05, 4.69) is 25.8 Å². The van der Waals surface area contributed by atoms with Gasteiger partial charge in [0.2, 0.25) is 5.91 Å². The van der Waals surface area contributed by atoms with Crippen molar-refractivity contribution in [1.82, 2.24) is 25.1 Å². The van der Waals surface area contributed by atoms with Crippen LogP contribution in [0.2, 0.25) is 0 Å². The normalized spacial score (nSPS) is 11.8. The zero-order chi connectivity index (χ0) is 28.8. The molecule has 0 fully saturated rings. The van der Waals surface area contributed by atoms with Gasteiger partial charge in [-0.25, -0.2) is 4.98 Å². The van der Waals surface area contributed by atoms with Crippen LogP contribution in [-0.2, 0) is 11.3 Å². The molecular weight excluding hydrogens is 550 g/mol. The van der Waals surface area contributed by atoms with Crippen molar-refractivity contribution in [2.45, 2.75) is 45.4 Å². The first-order chi connectivity index (χ1) is 19.2. The fraction of sp³-hybridized carbons (Fsp3) is 0.296. The summed E-state index contributed by atoms with van der Waals surface area (Å²) in [4.78, 5) is 40.6. The minimum absolute atomic E-state index is 0.0266. The molecule has 4 aromatic rings. The number of nitro benzene ring substituents is 1. The summed E-state index contributed by atoms with van der Waals surface area (Å²) in [5.41, 5.74) is 2.76. The molecule has 0 spiro atoms. The molecule has 0 aliphatic rings. The average Bonchev–Trinajstić information content (AvgIpc) is 3.57. The van der Waals surface area contributed by atoms with Gasteiger partial charge in [0.15, 0.2) is 16.1 Å². The van der Waals surface area contributed by atoms with E-state index in [4.69, 9.17) is 0 Å². The number of anilines is 1. The topological polar surface area (TPSA) is 145 Å². The van der Waals surface area contributed by atoms with E-state index in [1.54, 1.807) is 29.6 Å². The van der Waals surface area contributed by atoms with Crippen LogP contribution in [0, 0.1) is 23.0 Å². The first kappa shape index (κ1) is 28.9. The second-order valence-corrected chi connectivity index (χ2v) is 11.1. The maximum absolute atomic E-state index is 12.9. The Morgan fingerprint density at radius 3 is 2.58 bits per heavy atom. The molecular formula is C27H29N7O4S2. The molecule has 0 radical (unpaired) electrons. The number of carbonyl (C=O) groups is 2. The van der Waals surface area contributed by atoms with Crippen molar-refractivity contribution < 1.29 is 14.5 Å². The Labute approximate surface area is 239 Å². The van der Waals surface area contributed by atoms with Gasteiger partial charge in [-0.05, 0) is 31.9 Å². The van der Waals surface area contributed by atoms with E-state index in [0.29, 0.717) is 39.5 Å². The zero-order valence-electron chi connectivity index (χ0n) is 22.5. The van der Waals surface area contributed by atoms with Gasteiger partial charge in [-0.1, -0.05) is 55.4 Å². The van der Waals surface area contributed by atoms with Crippen molar-refractivity contribution in [3.8, 4) is 11.3 Å². The van der Waals surface area contributed by atoms with Crippen molar-refractivity contribution in [3.63, 3.8) is 0 Å². The SMILES string of the molecule is CCn1c(SCC(=O)Nc2nc(-c3cccc([N+](=O)[O-])c3)cs2)nnc1[C@H](NC(=O)c1ccc(C)cc1)C(C)C. The number of nitrogens with one attached hydrogen (secondary N) is 2. The zero-order valence-corrected chi connectivity index (χ0v) is 24.1. The minimum Gasteiger partial charge on any atom is -0.342 e. The third-order valence-corrected chi connectivity index (χ3v) is 7.77. The van der Waals surface area contributed by atoms with Crippen molar-refractivity contribution >= 4 is 45.7 Å². The van der Waals surface area contributed by atoms with Crippen LogP contribution < -0.4 is 10.6 Å². The number of carbonyl (C=O) groups excluding carboxylic acids is 2. The number of aromatic nitrogens is 4. The molecule has 2 heterocycles. The molecule has 0 aliphatic heterocycles. The van der Waals surface area contributed by atoms with Gasteiger partial charge in [0.25, 0.3) is 11.6 Å². The standard InChI is InChI=1S/C27H29N7O4S2/c1-5-33-24(23(16(2)3)30-25(36)18-11-9-17(4)10-12-18)31-32-27(33)40-15-22(35)29-26-28-21(14-39-26)19-7-6-8-20(13-19)34(37)38/h6-14,16,23H,5,15H2,1-4H3,(H,30,36)(H,28,29,35)/t23-/m1/s1. The van der Waals surface area contributed by atoms with Crippen LogP contribution in [0.3, 0.4) is 0 Å². The second-order valence-electron chi connectivity index (χ2n) is 9.33. The number of non-ortho nitro benzene ring substituents is 1. The maximum Gasteiger partial charge on any atom is 0.270 e. The lowest BCUT2D eigenvalue weighted by Crippen LogP contribution is -2.33. The molecule has 2 N–H and O–H groups in total. The van der Waals surface area contributed by atoms with E-state index in [0.717, 1.165) is 5.56 Å². The maximum atomic E-state index is 12.9. The number of hydrogen-bond acceptors (Lipinski definition) is 9. The fourth-order valence-electron chi connectivity index (χ4n) is 3.92. The molecule has 2 aromatic carbocycles. The van der Waals surface area contributed by atoms with Crippen LogP contribution in [0.15, 0.2) is 59.1 Å². The van der Waals surface area contributed by atoms with Crippen molar-refractivity contribution in [1.29, 1.82) is 0 Å². The highest BCUT2D eigenvalue weighted by molar-refractivity contribution is 7.99. The number of rotatable bonds is 11. The van der Waals surface area contributed by atoms with Gasteiger partial charge in [0.1, 0.15) is 0 Å². The molecule has 0 aliphatic carbocycles. The van der Waals surface area contributed by atoms with Crippen LogP contribution in [0.5, 0.6) is 0 Å². The molecule has 2 amide bonds. The van der Waals surface area contributed by atoms with Crippen LogP contribution >= 0.6 is 23.1 Å². The molecule has 13 heteroatoms. The first-order valence-electron chi connectivity index (χ1n) is 12.6. The largest absolute Gasteiger partial charge is 0.342 e. The van der Waals surface area contributed by atoms with Crippen molar-refractivity contribution in [2.24, 2.45) is 5.92 Å². The molecule has 208 valence electrons. The third-order valence-electron chi connectivity index (χ3n) is 6.04. The monoisotopic (exact) mass is 579 g/mol. The first-order valence-corrected chi connectivity index (χ1v) is 14.5. The van der Waals surface area contributed by atoms with Crippen molar-refractivity contribution in [2.75, 3.05) is 11.1 Å². The molecule has 0 saturated carbocycles. The summed E-state index contributed by atoms with van der Waals surface area (Å²) in [7, 11) is 0. The van der Waals surface area contributed by atoms with Gasteiger partial charge in [0.05, 0.1) is 22.4 Å². The van der Waals surface area contributed by atoms with Gasteiger partial charge < -0.3 is 15.2 Å². The lowest BCUT2D eigenvalue weighted by Gasteiger charge is -2.22. The molecule has 2 aromatic heterocycles. The summed E-state index contributed by atoms with van der Waals surface area (Å²) in [5.74, 6) is 0.292. The van der Waals surface area contributed by atoms with Gasteiger partial charge in [-0.3, -0.25) is 19.7 Å². The number of nitrogens with zero attached hydrogens (tertiary/aromatic N) is 5. The molecule has 0 unspecified atom stereocenters. The number of nitro groups is 1. The lowest BCUT2D eigenvalue weighted by atomic mass is 10.0. The Bertz CT molecular complexity index is 1520. The Hall–Kier alpha value is -4.10. The Balaban J connectivity index is 1.40. The van der Waals surface area contributed by atoms with E-state index >= 15 is 0 Å². The van der Waals surface area contributed by atoms with Gasteiger partial charge in [-0.2, -0.15) is 0 Å². The summed E-state index contributed by atoms with van der Waals surface area (Å²) in [6.07, 6.45) is 0. The van der Waals surface area contributed by atoms with E-state index < -0.39 is 4.92 Å². The van der Waals surface area contributed by atoms with Crippen LogP contribution in [0.25, 0.3) is 11.3 Å². The van der Waals surface area contributed by atoms with E-state index in [-0.39, 0.29) is 35.2 Å². The predicted octanol–water partition coefficient (Wildman–Crippen LogP) is 5.50. The van der Waals surface area contributed by atoms with Gasteiger partial charge in [-0.15, -0.1) is 21.5 Å². The quantitative estimate of drug-likeness (QED) is 0.135. The highest BCUT2D eigenvalue weighted by Gasteiger charge is 2.26. The number of hydrogen-bond donors (Lipinski definition) is 2. The van der Waals surface area contributed by atoms with Gasteiger partial charge >= 0.3 is 0 Å². The smallest absolute Gasteiger partial charge is 0.270 e. The van der Waals surface area contributed by atoms with E-state index in [1.165, 1.54) is 35.2 Å². The van der Waals surface area contributed by atoms with E-state index in [9.17, 15) is 19.7 Å². The Kier molecular flexibility index (Phi) is 9.27. The number of aryl methyl sites for hydroxylation is 1. The highest BCUT2D eigenvalue weighted by Crippen LogP contribution is 2.29. The predicted molar refractivity (Wildman–Crippen MR) is 155 cm³/mol. The highest BCUT2D eigenvalue weighted by atomic mass is 32.2. The number of thiazole rings is 1. The Morgan fingerprint density at radius 1 is 1.15 bits per heavy atom. The summed E-state index contributed by atoms with van der Waals surface area (Å²) >= 11 is 2.48.